The Bertz CT molecular complexity index is 512. The summed E-state index contributed by atoms with van der Waals surface area (Å²) in [7, 11) is 0. The number of aliphatic hydroxyl groups is 1. The van der Waals surface area contributed by atoms with Gasteiger partial charge in [-0.3, -0.25) is 9.59 Å². The van der Waals surface area contributed by atoms with Gasteiger partial charge in [-0.1, -0.05) is 15.9 Å². The van der Waals surface area contributed by atoms with Crippen molar-refractivity contribution in [3.63, 3.8) is 0 Å². The molecule has 5 nitrogen and oxygen atoms in total. The molecule has 2 amide bonds. The number of carbonyl (C=O) groups is 2. The van der Waals surface area contributed by atoms with Crippen LogP contribution in [0.25, 0.3) is 0 Å². The molecule has 3 N–H and O–H groups in total. The van der Waals surface area contributed by atoms with Gasteiger partial charge in [0.2, 0.25) is 5.91 Å². The SMILES string of the molecule is O=C(CNC(=O)c1ccc(Br)cc1)NCC1(CCO)CC1. The first kappa shape index (κ1) is 16.0. The van der Waals surface area contributed by atoms with Crippen molar-refractivity contribution in [2.75, 3.05) is 19.7 Å². The van der Waals surface area contributed by atoms with Gasteiger partial charge in [0.15, 0.2) is 0 Å². The highest BCUT2D eigenvalue weighted by molar-refractivity contribution is 9.10. The van der Waals surface area contributed by atoms with Crippen LogP contribution in [0.15, 0.2) is 28.7 Å². The molecule has 0 radical (unpaired) electrons. The van der Waals surface area contributed by atoms with Crippen LogP contribution >= 0.6 is 15.9 Å². The average Bonchev–Trinajstić information content (AvgIpc) is 3.24. The van der Waals surface area contributed by atoms with Gasteiger partial charge in [-0.25, -0.2) is 0 Å². The van der Waals surface area contributed by atoms with Gasteiger partial charge in [-0.15, -0.1) is 0 Å². The van der Waals surface area contributed by atoms with E-state index in [1.807, 2.05) is 0 Å². The molecular formula is C15H19BrN2O3. The lowest BCUT2D eigenvalue weighted by molar-refractivity contribution is -0.120. The molecular weight excluding hydrogens is 336 g/mol. The summed E-state index contributed by atoms with van der Waals surface area (Å²) in [5, 5.41) is 14.4. The Balaban J connectivity index is 1.71. The lowest BCUT2D eigenvalue weighted by Crippen LogP contribution is -2.39. The number of aliphatic hydroxyl groups excluding tert-OH is 1. The first-order chi connectivity index (χ1) is 10.0. The van der Waals surface area contributed by atoms with Crippen LogP contribution in [0.3, 0.4) is 0 Å². The van der Waals surface area contributed by atoms with Gasteiger partial charge in [0.25, 0.3) is 5.91 Å². The highest BCUT2D eigenvalue weighted by Gasteiger charge is 2.41. The van der Waals surface area contributed by atoms with Crippen molar-refractivity contribution < 1.29 is 14.7 Å². The molecule has 6 heteroatoms. The van der Waals surface area contributed by atoms with Gasteiger partial charge >= 0.3 is 0 Å². The van der Waals surface area contributed by atoms with Crippen LogP contribution in [0.2, 0.25) is 0 Å². The van der Waals surface area contributed by atoms with Crippen molar-refractivity contribution in [1.29, 1.82) is 0 Å². The monoisotopic (exact) mass is 354 g/mol. The van der Waals surface area contributed by atoms with Crippen molar-refractivity contribution in [1.82, 2.24) is 10.6 Å². The molecule has 0 spiro atoms. The molecule has 1 aliphatic carbocycles. The smallest absolute Gasteiger partial charge is 0.251 e. The second kappa shape index (κ2) is 7.04. The van der Waals surface area contributed by atoms with Crippen LogP contribution in [0.1, 0.15) is 29.6 Å². The third kappa shape index (κ3) is 4.82. The van der Waals surface area contributed by atoms with Crippen LogP contribution in [0.5, 0.6) is 0 Å². The lowest BCUT2D eigenvalue weighted by Gasteiger charge is -2.14. The molecule has 1 aromatic carbocycles. The largest absolute Gasteiger partial charge is 0.396 e. The molecule has 0 bridgehead atoms. The number of hydrogen-bond donors (Lipinski definition) is 3. The maximum absolute atomic E-state index is 11.8. The number of carbonyl (C=O) groups excluding carboxylic acids is 2. The van der Waals surface area contributed by atoms with Crippen molar-refractivity contribution in [2.45, 2.75) is 19.3 Å². The van der Waals surface area contributed by atoms with Gasteiger partial charge in [-0.2, -0.15) is 0 Å². The van der Waals surface area contributed by atoms with Crippen molar-refractivity contribution in [3.8, 4) is 0 Å². The molecule has 114 valence electrons. The van der Waals surface area contributed by atoms with E-state index >= 15 is 0 Å². The second-order valence-corrected chi connectivity index (χ2v) is 6.36. The fourth-order valence-corrected chi connectivity index (χ4v) is 2.41. The number of hydrogen-bond acceptors (Lipinski definition) is 3. The maximum Gasteiger partial charge on any atom is 0.251 e. The molecule has 0 aliphatic heterocycles. The fourth-order valence-electron chi connectivity index (χ4n) is 2.14. The normalized spacial score (nSPS) is 15.3. The summed E-state index contributed by atoms with van der Waals surface area (Å²) in [5.74, 6) is -0.473. The third-order valence-corrected chi connectivity index (χ3v) is 4.30. The minimum absolute atomic E-state index is 0.0376. The summed E-state index contributed by atoms with van der Waals surface area (Å²) in [6, 6.07) is 6.94. The van der Waals surface area contributed by atoms with Crippen molar-refractivity contribution in [3.05, 3.63) is 34.3 Å². The van der Waals surface area contributed by atoms with Crippen molar-refractivity contribution >= 4 is 27.7 Å². The lowest BCUT2D eigenvalue weighted by atomic mass is 10.0. The number of amides is 2. The zero-order chi connectivity index (χ0) is 15.3. The van der Waals surface area contributed by atoms with Gasteiger partial charge < -0.3 is 15.7 Å². The number of nitrogens with one attached hydrogen (secondary N) is 2. The standard InChI is InChI=1S/C15H19BrN2O3/c16-12-3-1-11(2-4-12)14(21)17-9-13(20)18-10-15(5-6-15)7-8-19/h1-4,19H,5-10H2,(H,17,21)(H,18,20). The quantitative estimate of drug-likeness (QED) is 0.693. The third-order valence-electron chi connectivity index (χ3n) is 3.78. The van der Waals surface area contributed by atoms with Gasteiger partial charge in [0, 0.05) is 23.2 Å². The van der Waals surface area contributed by atoms with Crippen LogP contribution < -0.4 is 10.6 Å². The second-order valence-electron chi connectivity index (χ2n) is 5.44. The molecule has 0 saturated heterocycles. The zero-order valence-electron chi connectivity index (χ0n) is 11.7. The summed E-state index contributed by atoms with van der Waals surface area (Å²) >= 11 is 3.30. The summed E-state index contributed by atoms with van der Waals surface area (Å²) in [6.07, 6.45) is 2.80. The van der Waals surface area contributed by atoms with Crippen LogP contribution in [-0.4, -0.2) is 36.6 Å². The Morgan fingerprint density at radius 1 is 1.19 bits per heavy atom. The van der Waals surface area contributed by atoms with E-state index in [1.54, 1.807) is 24.3 Å². The zero-order valence-corrected chi connectivity index (χ0v) is 13.3. The number of benzene rings is 1. The number of rotatable bonds is 7. The molecule has 1 saturated carbocycles. The maximum atomic E-state index is 11.8. The van der Waals surface area contributed by atoms with Crippen LogP contribution in [0.4, 0.5) is 0 Å². The summed E-state index contributed by atoms with van der Waals surface area (Å²) in [6.45, 7) is 0.681. The Hall–Kier alpha value is -1.40. The van der Waals surface area contributed by atoms with E-state index in [1.165, 1.54) is 0 Å². The predicted octanol–water partition coefficient (Wildman–Crippen LogP) is 1.46. The van der Waals surface area contributed by atoms with Gasteiger partial charge in [0.05, 0.1) is 6.54 Å². The molecule has 0 heterocycles. The molecule has 1 aliphatic rings. The molecule has 0 atom stereocenters. The Morgan fingerprint density at radius 2 is 1.86 bits per heavy atom. The molecule has 21 heavy (non-hydrogen) atoms. The molecule has 1 fully saturated rings. The highest BCUT2D eigenvalue weighted by atomic mass is 79.9. The molecule has 0 unspecified atom stereocenters. The Morgan fingerprint density at radius 3 is 2.43 bits per heavy atom. The van der Waals surface area contributed by atoms with E-state index < -0.39 is 0 Å². The molecule has 0 aromatic heterocycles. The van der Waals surface area contributed by atoms with E-state index in [9.17, 15) is 9.59 Å². The molecule has 1 aromatic rings. The van der Waals surface area contributed by atoms with E-state index in [-0.39, 0.29) is 30.4 Å². The van der Waals surface area contributed by atoms with E-state index in [0.717, 1.165) is 23.7 Å². The Kier molecular flexibility index (Phi) is 5.36. The Labute approximate surface area is 132 Å². The average molecular weight is 355 g/mol. The summed E-state index contributed by atoms with van der Waals surface area (Å²) < 4.78 is 0.899. The summed E-state index contributed by atoms with van der Waals surface area (Å²) in [5.41, 5.74) is 0.602. The predicted molar refractivity (Wildman–Crippen MR) is 82.9 cm³/mol. The van der Waals surface area contributed by atoms with Gasteiger partial charge in [-0.05, 0) is 48.9 Å². The van der Waals surface area contributed by atoms with Crippen molar-refractivity contribution in [2.24, 2.45) is 5.41 Å². The van der Waals surface area contributed by atoms with Crippen LogP contribution in [0, 0.1) is 5.41 Å². The molecule has 2 rings (SSSR count). The van der Waals surface area contributed by atoms with Crippen LogP contribution in [-0.2, 0) is 4.79 Å². The van der Waals surface area contributed by atoms with E-state index in [4.69, 9.17) is 5.11 Å². The first-order valence-electron chi connectivity index (χ1n) is 6.96. The van der Waals surface area contributed by atoms with E-state index in [2.05, 4.69) is 26.6 Å². The minimum atomic E-state index is -0.269. The highest BCUT2D eigenvalue weighted by Crippen LogP contribution is 2.47. The van der Waals surface area contributed by atoms with E-state index in [0.29, 0.717) is 12.1 Å². The number of halogens is 1. The fraction of sp³-hybridized carbons (Fsp3) is 0.467. The topological polar surface area (TPSA) is 78.4 Å². The minimum Gasteiger partial charge on any atom is -0.396 e. The summed E-state index contributed by atoms with van der Waals surface area (Å²) in [4.78, 5) is 23.6. The first-order valence-corrected chi connectivity index (χ1v) is 7.75. The van der Waals surface area contributed by atoms with Gasteiger partial charge in [0.1, 0.15) is 0 Å².